The zero-order chi connectivity index (χ0) is 16.9. The summed E-state index contributed by atoms with van der Waals surface area (Å²) in [7, 11) is 0. The molecule has 1 saturated heterocycles. The lowest BCUT2D eigenvalue weighted by Gasteiger charge is -2.18. The van der Waals surface area contributed by atoms with Gasteiger partial charge in [0.25, 0.3) is 5.91 Å². The van der Waals surface area contributed by atoms with Gasteiger partial charge in [0.15, 0.2) is 0 Å². The molecular weight excluding hydrogens is 302 g/mol. The van der Waals surface area contributed by atoms with E-state index in [0.29, 0.717) is 17.4 Å². The van der Waals surface area contributed by atoms with Gasteiger partial charge in [0.2, 0.25) is 0 Å². The SMILES string of the molecule is CC(C)CN1CCC(CNC(=O)c2ccc(-c3ccn[nH]3)nc2)C1. The minimum atomic E-state index is -0.0547. The fourth-order valence-corrected chi connectivity index (χ4v) is 3.19. The normalized spacial score (nSPS) is 18.2. The Hall–Kier alpha value is -2.21. The number of carbonyl (C=O) groups is 1. The number of aromatic amines is 1. The van der Waals surface area contributed by atoms with Gasteiger partial charge in [-0.2, -0.15) is 5.10 Å². The fourth-order valence-electron chi connectivity index (χ4n) is 3.19. The molecule has 1 aliphatic heterocycles. The summed E-state index contributed by atoms with van der Waals surface area (Å²) in [5.74, 6) is 1.18. The molecule has 0 bridgehead atoms. The molecule has 0 aromatic carbocycles. The number of hydrogen-bond acceptors (Lipinski definition) is 4. The molecule has 1 aliphatic rings. The number of aromatic nitrogens is 3. The summed E-state index contributed by atoms with van der Waals surface area (Å²) in [6.07, 6.45) is 4.46. The molecule has 6 nitrogen and oxygen atoms in total. The molecule has 0 spiro atoms. The summed E-state index contributed by atoms with van der Waals surface area (Å²) in [6.45, 7) is 8.58. The summed E-state index contributed by atoms with van der Waals surface area (Å²) in [6, 6.07) is 5.49. The van der Waals surface area contributed by atoms with E-state index in [1.165, 1.54) is 0 Å². The first kappa shape index (κ1) is 16.6. The summed E-state index contributed by atoms with van der Waals surface area (Å²) < 4.78 is 0. The molecule has 3 heterocycles. The molecule has 1 unspecified atom stereocenters. The second-order valence-corrected chi connectivity index (χ2v) is 6.92. The van der Waals surface area contributed by atoms with Gasteiger partial charge in [-0.15, -0.1) is 0 Å². The molecule has 1 atom stereocenters. The van der Waals surface area contributed by atoms with Crippen molar-refractivity contribution in [1.29, 1.82) is 0 Å². The van der Waals surface area contributed by atoms with Gasteiger partial charge in [-0.3, -0.25) is 14.9 Å². The Bertz CT molecular complexity index is 651. The van der Waals surface area contributed by atoms with Crippen LogP contribution in [0.3, 0.4) is 0 Å². The molecule has 2 N–H and O–H groups in total. The second kappa shape index (κ2) is 7.57. The van der Waals surface area contributed by atoms with E-state index in [-0.39, 0.29) is 5.91 Å². The van der Waals surface area contributed by atoms with Gasteiger partial charge in [0, 0.05) is 32.0 Å². The van der Waals surface area contributed by atoms with Crippen LogP contribution in [0.2, 0.25) is 0 Å². The molecule has 2 aromatic heterocycles. The molecule has 0 saturated carbocycles. The molecule has 24 heavy (non-hydrogen) atoms. The number of carbonyl (C=O) groups excluding carboxylic acids is 1. The molecule has 2 aromatic rings. The van der Waals surface area contributed by atoms with Crippen LogP contribution in [-0.4, -0.2) is 52.2 Å². The zero-order valence-electron chi connectivity index (χ0n) is 14.3. The zero-order valence-corrected chi connectivity index (χ0v) is 14.3. The number of nitrogens with zero attached hydrogens (tertiary/aromatic N) is 3. The summed E-state index contributed by atoms with van der Waals surface area (Å²) in [4.78, 5) is 19.1. The van der Waals surface area contributed by atoms with Crippen molar-refractivity contribution in [3.63, 3.8) is 0 Å². The van der Waals surface area contributed by atoms with Crippen LogP contribution in [0.25, 0.3) is 11.4 Å². The Morgan fingerprint density at radius 1 is 1.42 bits per heavy atom. The third-order valence-electron chi connectivity index (χ3n) is 4.35. The number of pyridine rings is 1. The second-order valence-electron chi connectivity index (χ2n) is 6.92. The van der Waals surface area contributed by atoms with Gasteiger partial charge in [-0.1, -0.05) is 13.8 Å². The average molecular weight is 327 g/mol. The maximum absolute atomic E-state index is 12.3. The van der Waals surface area contributed by atoms with Crippen LogP contribution in [0.4, 0.5) is 0 Å². The fraction of sp³-hybridized carbons (Fsp3) is 0.500. The maximum Gasteiger partial charge on any atom is 0.252 e. The number of hydrogen-bond donors (Lipinski definition) is 2. The van der Waals surface area contributed by atoms with Crippen molar-refractivity contribution in [3.8, 4) is 11.4 Å². The number of rotatable bonds is 6. The van der Waals surface area contributed by atoms with Gasteiger partial charge in [0.1, 0.15) is 0 Å². The van der Waals surface area contributed by atoms with E-state index in [2.05, 4.69) is 39.2 Å². The molecule has 128 valence electrons. The van der Waals surface area contributed by atoms with Crippen LogP contribution < -0.4 is 5.32 Å². The third-order valence-corrected chi connectivity index (χ3v) is 4.35. The van der Waals surface area contributed by atoms with Crippen LogP contribution in [0.15, 0.2) is 30.6 Å². The van der Waals surface area contributed by atoms with Crippen molar-refractivity contribution in [2.75, 3.05) is 26.2 Å². The highest BCUT2D eigenvalue weighted by Crippen LogP contribution is 2.17. The van der Waals surface area contributed by atoms with Gasteiger partial charge >= 0.3 is 0 Å². The minimum absolute atomic E-state index is 0.0547. The first-order valence-electron chi connectivity index (χ1n) is 8.58. The monoisotopic (exact) mass is 327 g/mol. The Morgan fingerprint density at radius 3 is 2.96 bits per heavy atom. The predicted octanol–water partition coefficient (Wildman–Crippen LogP) is 2.18. The van der Waals surface area contributed by atoms with Crippen LogP contribution in [0.1, 0.15) is 30.6 Å². The minimum Gasteiger partial charge on any atom is -0.352 e. The van der Waals surface area contributed by atoms with E-state index >= 15 is 0 Å². The van der Waals surface area contributed by atoms with E-state index < -0.39 is 0 Å². The van der Waals surface area contributed by atoms with Crippen molar-refractivity contribution in [1.82, 2.24) is 25.4 Å². The lowest BCUT2D eigenvalue weighted by atomic mass is 10.1. The molecule has 3 rings (SSSR count). The van der Waals surface area contributed by atoms with Crippen molar-refractivity contribution in [2.45, 2.75) is 20.3 Å². The predicted molar refractivity (Wildman–Crippen MR) is 93.5 cm³/mol. The first-order chi connectivity index (χ1) is 11.6. The first-order valence-corrected chi connectivity index (χ1v) is 8.58. The van der Waals surface area contributed by atoms with Crippen LogP contribution >= 0.6 is 0 Å². The van der Waals surface area contributed by atoms with Crippen molar-refractivity contribution >= 4 is 5.91 Å². The van der Waals surface area contributed by atoms with Crippen molar-refractivity contribution < 1.29 is 4.79 Å². The highest BCUT2D eigenvalue weighted by atomic mass is 16.1. The van der Waals surface area contributed by atoms with Crippen LogP contribution in [0.5, 0.6) is 0 Å². The molecule has 1 amide bonds. The quantitative estimate of drug-likeness (QED) is 0.853. The third kappa shape index (κ3) is 4.20. The lowest BCUT2D eigenvalue weighted by molar-refractivity contribution is 0.0947. The summed E-state index contributed by atoms with van der Waals surface area (Å²) in [5.41, 5.74) is 2.22. The standard InChI is InChI=1S/C18H25N5O/c1-13(2)11-23-8-6-14(12-23)9-20-18(24)15-3-4-16(19-10-15)17-5-7-21-22-17/h3-5,7,10,13-14H,6,8-9,11-12H2,1-2H3,(H,20,24)(H,21,22). The van der Waals surface area contributed by atoms with E-state index in [0.717, 1.165) is 44.0 Å². The van der Waals surface area contributed by atoms with Crippen molar-refractivity contribution in [3.05, 3.63) is 36.2 Å². The molecule has 0 aliphatic carbocycles. The largest absolute Gasteiger partial charge is 0.352 e. The molecule has 0 radical (unpaired) electrons. The van der Waals surface area contributed by atoms with Gasteiger partial charge in [-0.25, -0.2) is 0 Å². The lowest BCUT2D eigenvalue weighted by Crippen LogP contribution is -2.31. The summed E-state index contributed by atoms with van der Waals surface area (Å²) in [5, 5.41) is 9.81. The smallest absolute Gasteiger partial charge is 0.252 e. The van der Waals surface area contributed by atoms with E-state index in [1.54, 1.807) is 18.5 Å². The Balaban J connectivity index is 1.49. The van der Waals surface area contributed by atoms with Crippen molar-refractivity contribution in [2.24, 2.45) is 11.8 Å². The Kier molecular flexibility index (Phi) is 5.25. The molecule has 1 fully saturated rings. The summed E-state index contributed by atoms with van der Waals surface area (Å²) >= 11 is 0. The van der Waals surface area contributed by atoms with Crippen LogP contribution in [-0.2, 0) is 0 Å². The topological polar surface area (TPSA) is 73.9 Å². The van der Waals surface area contributed by atoms with E-state index in [9.17, 15) is 4.79 Å². The molecule has 6 heteroatoms. The molecular formula is C18H25N5O. The number of likely N-dealkylation sites (tertiary alicyclic amines) is 1. The average Bonchev–Trinajstić information content (AvgIpc) is 3.24. The number of nitrogens with one attached hydrogen (secondary N) is 2. The number of amides is 1. The Morgan fingerprint density at radius 2 is 2.29 bits per heavy atom. The van der Waals surface area contributed by atoms with Gasteiger partial charge < -0.3 is 10.2 Å². The van der Waals surface area contributed by atoms with E-state index in [1.807, 2.05) is 12.1 Å². The van der Waals surface area contributed by atoms with E-state index in [4.69, 9.17) is 0 Å². The highest BCUT2D eigenvalue weighted by Gasteiger charge is 2.23. The maximum atomic E-state index is 12.3. The van der Waals surface area contributed by atoms with Gasteiger partial charge in [-0.05, 0) is 43.0 Å². The Labute approximate surface area is 142 Å². The highest BCUT2D eigenvalue weighted by molar-refractivity contribution is 5.94. The number of H-pyrrole nitrogens is 1. The van der Waals surface area contributed by atoms with Gasteiger partial charge in [0.05, 0.1) is 17.0 Å². The van der Waals surface area contributed by atoms with Crippen LogP contribution in [0, 0.1) is 11.8 Å².